The zero-order valence-electron chi connectivity index (χ0n) is 5.70. The highest BCUT2D eigenvalue weighted by Gasteiger charge is 1.58. The first-order valence-corrected chi connectivity index (χ1v) is 3.60. The maximum atomic E-state index is 3.25. The summed E-state index contributed by atoms with van der Waals surface area (Å²) in [6.45, 7) is 2.13. The van der Waals surface area contributed by atoms with Gasteiger partial charge in [-0.25, -0.2) is 0 Å². The number of nitrogens with one attached hydrogen (secondary N) is 1. The molecule has 0 aliphatic heterocycles. The SMILES string of the molecule is CCCBr.CNC.Cl. The summed E-state index contributed by atoms with van der Waals surface area (Å²) in [4.78, 5) is 0. The van der Waals surface area contributed by atoms with Crippen LogP contribution in [-0.4, -0.2) is 19.4 Å². The Bertz CT molecular complexity index is 19.9. The summed E-state index contributed by atoms with van der Waals surface area (Å²) in [6.07, 6.45) is 1.24. The standard InChI is InChI=1S/C3H7Br.C2H7N.ClH/c1-2-3-4;1-3-2;/h2-3H2,1H3;3H,1-2H3;1H. The van der Waals surface area contributed by atoms with Crippen LogP contribution in [-0.2, 0) is 0 Å². The summed E-state index contributed by atoms with van der Waals surface area (Å²) >= 11 is 3.25. The van der Waals surface area contributed by atoms with E-state index in [2.05, 4.69) is 28.2 Å². The molecule has 0 aromatic carbocycles. The van der Waals surface area contributed by atoms with Gasteiger partial charge in [0.2, 0.25) is 0 Å². The third kappa shape index (κ3) is 73.8. The fourth-order valence-electron chi connectivity index (χ4n) is 0. The topological polar surface area (TPSA) is 12.0 Å². The molecule has 0 fully saturated rings. The number of hydrogen-bond donors (Lipinski definition) is 1. The molecule has 0 unspecified atom stereocenters. The number of hydrogen-bond acceptors (Lipinski definition) is 1. The largest absolute Gasteiger partial charge is 0.323 e. The van der Waals surface area contributed by atoms with Gasteiger partial charge in [-0.1, -0.05) is 22.9 Å². The van der Waals surface area contributed by atoms with E-state index in [0.29, 0.717) is 0 Å². The normalized spacial score (nSPS) is 6.00. The average molecular weight is 205 g/mol. The molecular formula is C5H15BrClN. The molecule has 0 saturated heterocycles. The third-order valence-corrected chi connectivity index (χ3v) is 0.982. The zero-order chi connectivity index (χ0) is 6.12. The predicted molar refractivity (Wildman–Crippen MR) is 46.3 cm³/mol. The number of rotatable bonds is 1. The number of halogens is 2. The Kier molecular flexibility index (Phi) is 50.0. The van der Waals surface area contributed by atoms with Crippen LogP contribution in [0.3, 0.4) is 0 Å². The fraction of sp³-hybridized carbons (Fsp3) is 1.00. The monoisotopic (exact) mass is 203 g/mol. The Morgan fingerprint density at radius 3 is 1.50 bits per heavy atom. The molecule has 0 spiro atoms. The van der Waals surface area contributed by atoms with Crippen LogP contribution in [0, 0.1) is 0 Å². The van der Waals surface area contributed by atoms with Gasteiger partial charge in [-0.2, -0.15) is 0 Å². The van der Waals surface area contributed by atoms with Gasteiger partial charge in [-0.3, -0.25) is 0 Å². The highest BCUT2D eigenvalue weighted by atomic mass is 79.9. The first-order valence-electron chi connectivity index (χ1n) is 2.47. The van der Waals surface area contributed by atoms with Crippen molar-refractivity contribution < 1.29 is 0 Å². The quantitative estimate of drug-likeness (QED) is 0.645. The lowest BCUT2D eigenvalue weighted by atomic mass is 10.6. The molecule has 0 atom stereocenters. The van der Waals surface area contributed by atoms with Gasteiger partial charge in [0.25, 0.3) is 0 Å². The summed E-state index contributed by atoms with van der Waals surface area (Å²) in [5.74, 6) is 0. The maximum Gasteiger partial charge on any atom is 0.00286 e. The highest BCUT2D eigenvalue weighted by Crippen LogP contribution is 1.80. The Morgan fingerprint density at radius 2 is 1.50 bits per heavy atom. The third-order valence-electron chi connectivity index (χ3n) is 0.189. The van der Waals surface area contributed by atoms with Crippen molar-refractivity contribution in [3.63, 3.8) is 0 Å². The molecule has 1 nitrogen and oxygen atoms in total. The molecule has 8 heavy (non-hydrogen) atoms. The number of alkyl halides is 1. The summed E-state index contributed by atoms with van der Waals surface area (Å²) in [5.41, 5.74) is 0. The Hall–Kier alpha value is 0.730. The fourth-order valence-corrected chi connectivity index (χ4v) is 0. The Labute approximate surface area is 66.8 Å². The predicted octanol–water partition coefficient (Wildman–Crippen LogP) is 2.05. The van der Waals surface area contributed by atoms with Crippen LogP contribution in [0.25, 0.3) is 0 Å². The van der Waals surface area contributed by atoms with Crippen molar-refractivity contribution in [1.29, 1.82) is 0 Å². The smallest absolute Gasteiger partial charge is 0.00286 e. The van der Waals surface area contributed by atoms with Gasteiger partial charge in [0.15, 0.2) is 0 Å². The van der Waals surface area contributed by atoms with Gasteiger partial charge < -0.3 is 5.32 Å². The zero-order valence-corrected chi connectivity index (χ0v) is 8.10. The maximum absolute atomic E-state index is 3.25. The van der Waals surface area contributed by atoms with E-state index in [1.807, 2.05) is 14.1 Å². The minimum Gasteiger partial charge on any atom is -0.323 e. The first kappa shape index (κ1) is 15.9. The van der Waals surface area contributed by atoms with Crippen LogP contribution in [0.2, 0.25) is 0 Å². The van der Waals surface area contributed by atoms with E-state index in [1.165, 1.54) is 6.42 Å². The lowest BCUT2D eigenvalue weighted by Crippen LogP contribution is -1.89. The van der Waals surface area contributed by atoms with Crippen molar-refractivity contribution in [2.24, 2.45) is 0 Å². The van der Waals surface area contributed by atoms with E-state index in [-0.39, 0.29) is 12.4 Å². The molecule has 0 amide bonds. The Balaban J connectivity index is -0.0000000575. The molecule has 0 saturated carbocycles. The second-order valence-corrected chi connectivity index (χ2v) is 1.98. The summed E-state index contributed by atoms with van der Waals surface area (Å²) < 4.78 is 0. The van der Waals surface area contributed by atoms with Gasteiger partial charge in [-0.05, 0) is 20.5 Å². The minimum atomic E-state index is 0. The van der Waals surface area contributed by atoms with Gasteiger partial charge in [0, 0.05) is 5.33 Å². The molecule has 0 heterocycles. The summed E-state index contributed by atoms with van der Waals surface area (Å²) in [7, 11) is 3.75. The van der Waals surface area contributed by atoms with Gasteiger partial charge in [0.1, 0.15) is 0 Å². The van der Waals surface area contributed by atoms with Crippen LogP contribution < -0.4 is 5.32 Å². The lowest BCUT2D eigenvalue weighted by Gasteiger charge is -1.66. The van der Waals surface area contributed by atoms with Crippen molar-refractivity contribution in [3.8, 4) is 0 Å². The van der Waals surface area contributed by atoms with Gasteiger partial charge >= 0.3 is 0 Å². The Morgan fingerprint density at radius 1 is 1.38 bits per heavy atom. The van der Waals surface area contributed by atoms with E-state index < -0.39 is 0 Å². The molecule has 0 aromatic heterocycles. The van der Waals surface area contributed by atoms with E-state index in [1.54, 1.807) is 0 Å². The lowest BCUT2D eigenvalue weighted by molar-refractivity contribution is 1.02. The highest BCUT2D eigenvalue weighted by molar-refractivity contribution is 9.09. The van der Waals surface area contributed by atoms with Crippen LogP contribution >= 0.6 is 28.3 Å². The van der Waals surface area contributed by atoms with Gasteiger partial charge in [-0.15, -0.1) is 12.4 Å². The summed E-state index contributed by atoms with van der Waals surface area (Å²) in [6, 6.07) is 0. The van der Waals surface area contributed by atoms with Crippen LogP contribution in [0.5, 0.6) is 0 Å². The first-order chi connectivity index (χ1) is 3.33. The van der Waals surface area contributed by atoms with Crippen molar-refractivity contribution in [3.05, 3.63) is 0 Å². The van der Waals surface area contributed by atoms with Crippen molar-refractivity contribution in [1.82, 2.24) is 5.32 Å². The molecule has 0 aliphatic carbocycles. The molecule has 54 valence electrons. The van der Waals surface area contributed by atoms with E-state index in [0.717, 1.165) is 5.33 Å². The minimum absolute atomic E-state index is 0. The average Bonchev–Trinajstić information content (AvgIpc) is 1.69. The second kappa shape index (κ2) is 25.2. The molecule has 0 aromatic rings. The van der Waals surface area contributed by atoms with E-state index in [4.69, 9.17) is 0 Å². The molecule has 0 bridgehead atoms. The van der Waals surface area contributed by atoms with E-state index >= 15 is 0 Å². The molecule has 0 rings (SSSR count). The van der Waals surface area contributed by atoms with Crippen molar-refractivity contribution in [2.75, 3.05) is 19.4 Å². The molecule has 0 aliphatic rings. The molecular weight excluding hydrogens is 189 g/mol. The summed E-state index contributed by atoms with van der Waals surface area (Å²) in [5, 5.41) is 3.88. The molecule has 3 heteroatoms. The second-order valence-electron chi connectivity index (χ2n) is 1.19. The van der Waals surface area contributed by atoms with Crippen molar-refractivity contribution >= 4 is 28.3 Å². The van der Waals surface area contributed by atoms with Crippen LogP contribution in [0.15, 0.2) is 0 Å². The van der Waals surface area contributed by atoms with Gasteiger partial charge in [0.05, 0.1) is 0 Å². The van der Waals surface area contributed by atoms with Crippen molar-refractivity contribution in [2.45, 2.75) is 13.3 Å². The molecule has 1 N–H and O–H groups in total. The van der Waals surface area contributed by atoms with E-state index in [9.17, 15) is 0 Å². The van der Waals surface area contributed by atoms with Crippen LogP contribution in [0.4, 0.5) is 0 Å². The van der Waals surface area contributed by atoms with Crippen LogP contribution in [0.1, 0.15) is 13.3 Å². The molecule has 0 radical (unpaired) electrons.